The Morgan fingerprint density at radius 1 is 0.386 bits per heavy atom. The van der Waals surface area contributed by atoms with E-state index in [4.69, 9.17) is 26.8 Å². The molecule has 1 aliphatic rings. The Bertz CT molecular complexity index is 7300. The van der Waals surface area contributed by atoms with E-state index in [9.17, 15) is 9.60 Å². The van der Waals surface area contributed by atoms with Crippen LogP contribution in [0.1, 0.15) is 44.2 Å². The van der Waals surface area contributed by atoms with Gasteiger partial charge in [-0.1, -0.05) is 215 Å². The van der Waals surface area contributed by atoms with Crippen LogP contribution in [0.5, 0.6) is 11.5 Å². The van der Waals surface area contributed by atoms with Crippen LogP contribution in [-0.2, 0) is 5.41 Å². The van der Waals surface area contributed by atoms with Gasteiger partial charge in [0.25, 0.3) is 6.33 Å². The summed E-state index contributed by atoms with van der Waals surface area (Å²) in [5.41, 5.74) is 14.2. The largest absolute Gasteiger partial charge is 0.458 e. The third-order valence-electron chi connectivity index (χ3n) is 19.6. The molecule has 0 saturated heterocycles. The number of hydrogen-bond acceptors (Lipinski definition) is 4. The van der Waals surface area contributed by atoms with Crippen molar-refractivity contribution < 1.29 is 36.0 Å². The number of fused-ring (bicyclic) bond motifs is 16. The van der Waals surface area contributed by atoms with Crippen molar-refractivity contribution in [1.29, 1.82) is 0 Å². The molecule has 6 heterocycles. The average molecular weight is 1310 g/mol. The Balaban J connectivity index is 0.869. The number of rotatable bonds is 9. The van der Waals surface area contributed by atoms with Gasteiger partial charge in [-0.25, -0.2) is 4.98 Å². The summed E-state index contributed by atoms with van der Waals surface area (Å²) in [6.07, 6.45) is 5.87. The van der Waals surface area contributed by atoms with Crippen molar-refractivity contribution in [1.82, 2.24) is 14.1 Å². The second-order valence-corrected chi connectivity index (χ2v) is 26.6. The molecule has 19 aromatic rings. The highest BCUT2D eigenvalue weighted by atomic mass is 16.5. The number of nitrogens with zero attached hydrogens (tertiary/aromatic N) is 4. The summed E-state index contributed by atoms with van der Waals surface area (Å²) in [7, 11) is 0. The fourth-order valence-corrected chi connectivity index (χ4v) is 14.8. The summed E-state index contributed by atoms with van der Waals surface area (Å²) in [6.45, 7) is 6.59. The first-order valence-corrected chi connectivity index (χ1v) is 33.4. The first-order valence-electron chi connectivity index (χ1n) is 39.9. The van der Waals surface area contributed by atoms with Gasteiger partial charge in [-0.05, 0) is 215 Å². The van der Waals surface area contributed by atoms with Crippen LogP contribution >= 0.6 is 0 Å². The van der Waals surface area contributed by atoms with Gasteiger partial charge in [-0.15, -0.1) is 0 Å². The van der Waals surface area contributed by atoms with E-state index in [-0.39, 0.29) is 16.5 Å². The van der Waals surface area contributed by atoms with Crippen LogP contribution in [0.4, 0.5) is 0 Å². The molecule has 0 N–H and O–H groups in total. The fourth-order valence-electron chi connectivity index (χ4n) is 14.8. The second-order valence-electron chi connectivity index (χ2n) is 26.6. The van der Waals surface area contributed by atoms with Crippen molar-refractivity contribution in [2.24, 2.45) is 0 Å². The van der Waals surface area contributed by atoms with Gasteiger partial charge in [0.15, 0.2) is 0 Å². The summed E-state index contributed by atoms with van der Waals surface area (Å²) in [6, 6.07) is 69.7. The lowest BCUT2D eigenvalue weighted by atomic mass is 9.85. The quantitative estimate of drug-likeness (QED) is 0.107. The van der Waals surface area contributed by atoms with E-state index in [1.807, 2.05) is 146 Å². The molecule has 0 bridgehead atoms. The summed E-state index contributed by atoms with van der Waals surface area (Å²) < 4.78 is 147. The Morgan fingerprint density at radius 2 is 0.941 bits per heavy atom. The second kappa shape index (κ2) is 22.7. The summed E-state index contributed by atoms with van der Waals surface area (Å²) in [5.74, 6) is 1.92. The van der Waals surface area contributed by atoms with Crippen molar-refractivity contribution in [2.75, 3.05) is 0 Å². The van der Waals surface area contributed by atoms with Crippen molar-refractivity contribution in [3.05, 3.63) is 333 Å². The molecule has 0 radical (unpaired) electrons. The van der Waals surface area contributed by atoms with Gasteiger partial charge in [-0.2, -0.15) is 0 Å². The number of pyridine rings is 1. The van der Waals surface area contributed by atoms with Crippen molar-refractivity contribution >= 4 is 76.7 Å². The zero-order chi connectivity index (χ0) is 78.3. The topological polar surface area (TPSA) is 62.1 Å². The van der Waals surface area contributed by atoms with E-state index in [0.717, 1.165) is 121 Å². The van der Waals surface area contributed by atoms with Gasteiger partial charge >= 0.3 is 0 Å². The Kier molecular flexibility index (Phi) is 10.4. The molecule has 20 rings (SSSR count). The van der Waals surface area contributed by atoms with Crippen LogP contribution in [0.2, 0.25) is 0 Å². The number of aromatic nitrogens is 4. The summed E-state index contributed by atoms with van der Waals surface area (Å²) in [4.78, 5) is 4.95. The molecule has 0 atom stereocenters. The minimum atomic E-state index is -0.751. The molecule has 0 saturated carbocycles. The zero-order valence-electron chi connectivity index (χ0n) is 67.6. The molecule has 14 aromatic carbocycles. The van der Waals surface area contributed by atoms with Crippen LogP contribution in [0.3, 0.4) is 0 Å². The number of para-hydroxylation sites is 4. The highest BCUT2D eigenvalue weighted by molar-refractivity contribution is 6.11. The van der Waals surface area contributed by atoms with E-state index in [0.29, 0.717) is 45.1 Å². The maximum absolute atomic E-state index is 10.3. The maximum atomic E-state index is 10.3. The maximum Gasteiger partial charge on any atom is 0.269 e. The van der Waals surface area contributed by atoms with E-state index in [1.54, 1.807) is 6.07 Å². The highest BCUT2D eigenvalue weighted by Gasteiger charge is 2.29. The van der Waals surface area contributed by atoms with E-state index >= 15 is 0 Å². The van der Waals surface area contributed by atoms with E-state index in [2.05, 4.69) is 132 Å². The number of ether oxygens (including phenoxy) is 1. The molecule has 101 heavy (non-hydrogen) atoms. The molecule has 5 aromatic heterocycles. The lowest BCUT2D eigenvalue weighted by molar-refractivity contribution is -0.570. The molecule has 0 fully saturated rings. The Morgan fingerprint density at radius 3 is 1.66 bits per heavy atom. The van der Waals surface area contributed by atoms with Gasteiger partial charge < -0.3 is 13.6 Å². The molecule has 7 nitrogen and oxygen atoms in total. The van der Waals surface area contributed by atoms with Gasteiger partial charge in [0, 0.05) is 44.6 Å². The zero-order valence-corrected chi connectivity index (χ0v) is 54.6. The Labute approximate surface area is 601 Å². The minimum Gasteiger partial charge on any atom is -0.458 e. The molecular weight excluding hydrogens is 1230 g/mol. The minimum absolute atomic E-state index is 0.133. The number of imidazole rings is 1. The Hall–Kier alpha value is -13.1. The third-order valence-corrected chi connectivity index (χ3v) is 19.6. The standard InChI is InChI=1S/C94H62N4O3/c1-94(2,3)67-44-45-95-91(54-67)98-84-33-15-12-28-75(84)76-41-39-70(56-85(76)98)99-69-25-18-24-68(55-69)96-57-97-92-71(62-38-43-90-82(51-62)78-30-14-17-35-88(78)101-90)31-19-32-79(92)80-49-60(65-47-63(58-20-6-4-7-21-58)46-64(48-65)59-22-8-5-9-23-59)36-40-74(80)72-26-10-11-27-73(72)83-52-66(53-86(96)93(83)97)61-37-42-89-81(50-61)77-29-13-16-34-87(77)100-89/h4-56H,1-3H3/i4D,5D,6D,7D,8D,9D,20D,21D,22D,23D,46D,47D,48D. The van der Waals surface area contributed by atoms with Crippen LogP contribution in [-0.4, -0.2) is 14.1 Å². The van der Waals surface area contributed by atoms with Crippen molar-refractivity contribution in [3.8, 4) is 118 Å². The molecule has 476 valence electrons. The van der Waals surface area contributed by atoms with Gasteiger partial charge in [0.05, 0.1) is 51.3 Å². The molecule has 0 unspecified atom stereocenters. The van der Waals surface area contributed by atoms with E-state index < -0.39 is 101 Å². The number of hydrogen-bond donors (Lipinski definition) is 0. The fraction of sp³-hybridized carbons (Fsp3) is 0.0426. The molecule has 0 aliphatic carbocycles. The predicted octanol–water partition coefficient (Wildman–Crippen LogP) is 24.7. The third kappa shape index (κ3) is 9.64. The molecule has 0 spiro atoms. The van der Waals surface area contributed by atoms with Crippen LogP contribution in [0, 0.1) is 6.33 Å². The normalized spacial score (nSPS) is 13.9. The predicted molar refractivity (Wildman–Crippen MR) is 413 cm³/mol. The summed E-state index contributed by atoms with van der Waals surface area (Å²) in [5, 5.41) is 5.81. The van der Waals surface area contributed by atoms with Crippen molar-refractivity contribution in [2.45, 2.75) is 26.2 Å². The monoisotopic (exact) mass is 1310 g/mol. The summed E-state index contributed by atoms with van der Waals surface area (Å²) >= 11 is 0. The lowest BCUT2D eigenvalue weighted by Crippen LogP contribution is -2.32. The first kappa shape index (κ1) is 46.2. The average Bonchev–Trinajstić information content (AvgIpc) is 1.55. The van der Waals surface area contributed by atoms with Gasteiger partial charge in [0.1, 0.15) is 39.6 Å². The van der Waals surface area contributed by atoms with Crippen LogP contribution in [0.25, 0.3) is 183 Å². The van der Waals surface area contributed by atoms with Crippen LogP contribution < -0.4 is 9.30 Å². The number of furan rings is 2. The molecule has 7 heteroatoms. The molecule has 1 aliphatic heterocycles. The highest BCUT2D eigenvalue weighted by Crippen LogP contribution is 2.49. The lowest BCUT2D eigenvalue weighted by Gasteiger charge is -2.20. The van der Waals surface area contributed by atoms with Gasteiger partial charge in [-0.3, -0.25) is 13.7 Å². The first-order chi connectivity index (χ1) is 55.1. The van der Waals surface area contributed by atoms with Crippen LogP contribution in [0.15, 0.2) is 330 Å². The SMILES string of the molecule is [2H]c1c([2H])c([2H])c(-c2c([2H])c(-c3ccc4c(c3)-c3cccc(-c5ccc6oc7ccccc7c6c5)c3-[n+]3[c-]n(-c5cccc(Oc6ccc7c8ccccc8n(-c8cc(C(C)(C)C)ccn8)c7c6)c5)c5cc(-c6ccc7oc8ccccc8c7c6)cc(c53)-c3ccccc3-4)c([2H])c(-c3c([2H])c([2H])c([2H])c([2H])c3[2H])c2[2H])c([2H])c1[2H]. The van der Waals surface area contributed by atoms with Crippen molar-refractivity contribution in [3.63, 3.8) is 0 Å². The molecule has 0 amide bonds. The van der Waals surface area contributed by atoms with Gasteiger partial charge in [0.2, 0.25) is 0 Å². The molecular formula is C94H62N4O3. The smallest absolute Gasteiger partial charge is 0.269 e. The number of benzene rings is 14. The van der Waals surface area contributed by atoms with E-state index in [1.165, 1.54) is 0 Å².